The van der Waals surface area contributed by atoms with E-state index in [1.165, 1.54) is 0 Å². The van der Waals surface area contributed by atoms with Crippen molar-refractivity contribution >= 4 is 12.4 Å². The molecule has 0 bridgehead atoms. The number of rotatable bonds is 3. The fourth-order valence-corrected chi connectivity index (χ4v) is 2.23. The summed E-state index contributed by atoms with van der Waals surface area (Å²) in [7, 11) is 0. The van der Waals surface area contributed by atoms with Gasteiger partial charge < -0.3 is 10.8 Å². The first-order chi connectivity index (χ1) is 8.80. The lowest BCUT2D eigenvalue weighted by molar-refractivity contribution is -0.137. The van der Waals surface area contributed by atoms with Crippen molar-refractivity contribution < 1.29 is 22.7 Å². The van der Waals surface area contributed by atoms with Gasteiger partial charge in [0.25, 0.3) is 0 Å². The zero-order valence-electron chi connectivity index (χ0n) is 10.5. The fraction of sp³-hybridized carbons (Fsp3) is 0.538. The minimum absolute atomic E-state index is 0. The predicted octanol–water partition coefficient (Wildman–Crippen LogP) is 3.43. The Bertz CT molecular complexity index is 462. The second-order valence-electron chi connectivity index (χ2n) is 4.94. The number of aliphatic hydroxyl groups excluding tert-OH is 1. The van der Waals surface area contributed by atoms with Crippen LogP contribution >= 0.6 is 12.4 Å². The molecule has 3 N–H and O–H groups in total. The van der Waals surface area contributed by atoms with E-state index in [-0.39, 0.29) is 23.9 Å². The number of aliphatic hydroxyl groups is 1. The smallest absolute Gasteiger partial charge is 0.391 e. The van der Waals surface area contributed by atoms with E-state index in [4.69, 9.17) is 5.73 Å². The molecule has 0 unspecified atom stereocenters. The second kappa shape index (κ2) is 6.28. The van der Waals surface area contributed by atoms with Crippen LogP contribution in [0, 0.1) is 11.7 Å². The molecule has 0 radical (unpaired) electrons. The van der Waals surface area contributed by atoms with E-state index in [2.05, 4.69) is 0 Å². The minimum atomic E-state index is -4.59. The zero-order chi connectivity index (χ0) is 14.2. The van der Waals surface area contributed by atoms with Crippen LogP contribution < -0.4 is 5.73 Å². The van der Waals surface area contributed by atoms with Gasteiger partial charge in [-0.2, -0.15) is 13.2 Å². The van der Waals surface area contributed by atoms with Gasteiger partial charge in [-0.05, 0) is 30.9 Å². The van der Waals surface area contributed by atoms with E-state index in [0.717, 1.165) is 31.4 Å². The van der Waals surface area contributed by atoms with Gasteiger partial charge in [0.1, 0.15) is 5.82 Å². The molecule has 2 nitrogen and oxygen atoms in total. The van der Waals surface area contributed by atoms with Gasteiger partial charge >= 0.3 is 6.18 Å². The Kier molecular flexibility index (Phi) is 5.40. The molecule has 2 rings (SSSR count). The molecule has 0 saturated heterocycles. The van der Waals surface area contributed by atoms with Crippen molar-refractivity contribution in [2.45, 2.75) is 37.6 Å². The Labute approximate surface area is 120 Å². The first kappa shape index (κ1) is 17.2. The van der Waals surface area contributed by atoms with Crippen LogP contribution in [-0.4, -0.2) is 11.2 Å². The molecular formula is C13H16ClF4NO. The summed E-state index contributed by atoms with van der Waals surface area (Å²) in [6.45, 7) is 0. The van der Waals surface area contributed by atoms with Crippen LogP contribution in [0.5, 0.6) is 0 Å². The molecule has 0 heterocycles. The Morgan fingerprint density at radius 3 is 2.25 bits per heavy atom. The lowest BCUT2D eigenvalue weighted by atomic mass is 9.77. The number of halogens is 5. The molecule has 1 saturated carbocycles. The Hall–Kier alpha value is -0.850. The maximum absolute atomic E-state index is 13.7. The van der Waals surface area contributed by atoms with Gasteiger partial charge in [-0.25, -0.2) is 4.39 Å². The van der Waals surface area contributed by atoms with Gasteiger partial charge in [-0.15, -0.1) is 12.4 Å². The quantitative estimate of drug-likeness (QED) is 0.840. The lowest BCUT2D eigenvalue weighted by Crippen LogP contribution is -2.37. The summed E-state index contributed by atoms with van der Waals surface area (Å²) in [5, 5.41) is 9.93. The van der Waals surface area contributed by atoms with E-state index in [1.54, 1.807) is 0 Å². The highest BCUT2D eigenvalue weighted by Gasteiger charge is 2.34. The molecule has 0 amide bonds. The van der Waals surface area contributed by atoms with E-state index in [9.17, 15) is 22.7 Å². The third kappa shape index (κ3) is 3.42. The van der Waals surface area contributed by atoms with Gasteiger partial charge in [0, 0.05) is 5.56 Å². The molecule has 0 aromatic heterocycles. The first-order valence-electron chi connectivity index (χ1n) is 6.11. The highest BCUT2D eigenvalue weighted by atomic mass is 35.5. The van der Waals surface area contributed by atoms with E-state index in [1.807, 2.05) is 0 Å². The van der Waals surface area contributed by atoms with Gasteiger partial charge in [0.2, 0.25) is 0 Å². The van der Waals surface area contributed by atoms with Crippen LogP contribution in [0.15, 0.2) is 18.2 Å². The zero-order valence-corrected chi connectivity index (χ0v) is 11.3. The number of alkyl halides is 3. The lowest BCUT2D eigenvalue weighted by Gasteiger charge is -2.34. The highest BCUT2D eigenvalue weighted by Crippen LogP contribution is 2.36. The van der Waals surface area contributed by atoms with E-state index < -0.39 is 29.7 Å². The summed E-state index contributed by atoms with van der Waals surface area (Å²) < 4.78 is 50.9. The summed E-state index contributed by atoms with van der Waals surface area (Å²) in [5.41, 5.74) is 4.60. The van der Waals surface area contributed by atoms with Crippen molar-refractivity contribution in [1.29, 1.82) is 0 Å². The first-order valence-corrected chi connectivity index (χ1v) is 6.11. The third-order valence-electron chi connectivity index (χ3n) is 3.69. The normalized spacial score (nSPS) is 18.9. The molecule has 114 valence electrons. The van der Waals surface area contributed by atoms with Crippen LogP contribution in [0.1, 0.15) is 36.4 Å². The topological polar surface area (TPSA) is 46.2 Å². The standard InChI is InChI=1S/C13H15F4NO.ClH/c14-10-6-8(13(15,16)17)4-5-9(10)11(18)12(19)7-2-1-3-7;/h4-7,11-12,19H,1-3,18H2;1H/t11-,12+;/m1./s1. The van der Waals surface area contributed by atoms with Crippen molar-refractivity contribution in [1.82, 2.24) is 0 Å². The third-order valence-corrected chi connectivity index (χ3v) is 3.69. The summed E-state index contributed by atoms with van der Waals surface area (Å²) in [6, 6.07) is 1.21. The van der Waals surface area contributed by atoms with E-state index in [0.29, 0.717) is 6.07 Å². The largest absolute Gasteiger partial charge is 0.416 e. The molecule has 2 atom stereocenters. The fourth-order valence-electron chi connectivity index (χ4n) is 2.23. The average molecular weight is 314 g/mol. The molecule has 1 aromatic rings. The van der Waals surface area contributed by atoms with Crippen LogP contribution in [0.2, 0.25) is 0 Å². The van der Waals surface area contributed by atoms with Crippen LogP contribution in [-0.2, 0) is 6.18 Å². The van der Waals surface area contributed by atoms with Crippen LogP contribution in [0.3, 0.4) is 0 Å². The van der Waals surface area contributed by atoms with Gasteiger partial charge in [0.05, 0.1) is 17.7 Å². The van der Waals surface area contributed by atoms with Gasteiger partial charge in [0.15, 0.2) is 0 Å². The molecule has 1 aromatic carbocycles. The molecule has 0 spiro atoms. The van der Waals surface area contributed by atoms with Crippen LogP contribution in [0.25, 0.3) is 0 Å². The molecule has 1 aliphatic carbocycles. The molecule has 1 aliphatic rings. The predicted molar refractivity (Wildman–Crippen MR) is 68.9 cm³/mol. The molecule has 1 fully saturated rings. The van der Waals surface area contributed by atoms with Crippen LogP contribution in [0.4, 0.5) is 17.6 Å². The summed E-state index contributed by atoms with van der Waals surface area (Å²) >= 11 is 0. The number of nitrogens with two attached hydrogens (primary N) is 1. The van der Waals surface area contributed by atoms with Crippen molar-refractivity contribution in [2.24, 2.45) is 11.7 Å². The molecule has 0 aliphatic heterocycles. The van der Waals surface area contributed by atoms with Crippen molar-refractivity contribution in [3.8, 4) is 0 Å². The van der Waals surface area contributed by atoms with Gasteiger partial charge in [-0.1, -0.05) is 12.5 Å². The Morgan fingerprint density at radius 1 is 1.25 bits per heavy atom. The summed E-state index contributed by atoms with van der Waals surface area (Å²) in [5.74, 6) is -1.02. The molecule has 20 heavy (non-hydrogen) atoms. The SMILES string of the molecule is Cl.N[C@H](c1ccc(C(F)(F)F)cc1F)[C@@H](O)C1CCC1. The number of hydrogen-bond acceptors (Lipinski definition) is 2. The number of benzene rings is 1. The van der Waals surface area contributed by atoms with E-state index >= 15 is 0 Å². The molecular weight excluding hydrogens is 298 g/mol. The van der Waals surface area contributed by atoms with Crippen molar-refractivity contribution in [2.75, 3.05) is 0 Å². The minimum Gasteiger partial charge on any atom is -0.391 e. The maximum Gasteiger partial charge on any atom is 0.416 e. The maximum atomic E-state index is 13.7. The molecule has 7 heteroatoms. The monoisotopic (exact) mass is 313 g/mol. The Balaban J connectivity index is 0.00000200. The van der Waals surface area contributed by atoms with Crippen molar-refractivity contribution in [3.05, 3.63) is 35.1 Å². The Morgan fingerprint density at radius 2 is 1.85 bits per heavy atom. The summed E-state index contributed by atoms with van der Waals surface area (Å²) in [4.78, 5) is 0. The average Bonchev–Trinajstić information content (AvgIpc) is 2.24. The second-order valence-corrected chi connectivity index (χ2v) is 4.94. The summed E-state index contributed by atoms with van der Waals surface area (Å²) in [6.07, 6.45) is -2.88. The highest BCUT2D eigenvalue weighted by molar-refractivity contribution is 5.85. The number of hydrogen-bond donors (Lipinski definition) is 2. The van der Waals surface area contributed by atoms with Crippen molar-refractivity contribution in [3.63, 3.8) is 0 Å². The van der Waals surface area contributed by atoms with Gasteiger partial charge in [-0.3, -0.25) is 0 Å².